The van der Waals surface area contributed by atoms with Crippen LogP contribution in [0.25, 0.3) is 6.08 Å². The Morgan fingerprint density at radius 3 is 2.22 bits per heavy atom. The Balaban J connectivity index is 2.30. The minimum atomic E-state index is -4.65. The van der Waals surface area contributed by atoms with Gasteiger partial charge in [0.15, 0.2) is 0 Å². The zero-order valence-electron chi connectivity index (χ0n) is 13.5. The van der Waals surface area contributed by atoms with E-state index in [1.54, 1.807) is 6.07 Å². The highest BCUT2D eigenvalue weighted by Crippen LogP contribution is 2.32. The van der Waals surface area contributed by atoms with Crippen molar-refractivity contribution in [1.82, 2.24) is 0 Å². The van der Waals surface area contributed by atoms with E-state index in [9.17, 15) is 26.4 Å². The summed E-state index contributed by atoms with van der Waals surface area (Å²) in [4.78, 5) is 12.0. The van der Waals surface area contributed by atoms with E-state index in [1.807, 2.05) is 0 Å². The van der Waals surface area contributed by atoms with E-state index in [2.05, 4.69) is 5.32 Å². The second kappa shape index (κ2) is 7.61. The number of hydrogen-bond acceptors (Lipinski definition) is 4. The third-order valence-electron chi connectivity index (χ3n) is 3.37. The number of nitrogens with one attached hydrogen (secondary N) is 1. The zero-order chi connectivity index (χ0) is 20.2. The molecule has 0 aliphatic carbocycles. The van der Waals surface area contributed by atoms with Crippen LogP contribution in [-0.2, 0) is 21.0 Å². The predicted molar refractivity (Wildman–Crippen MR) is 91.5 cm³/mol. The number of sulfonamides is 1. The van der Waals surface area contributed by atoms with Gasteiger partial charge in [0.1, 0.15) is 11.6 Å². The number of alkyl halides is 3. The summed E-state index contributed by atoms with van der Waals surface area (Å²) in [5, 5.41) is 16.4. The Kier molecular flexibility index (Phi) is 5.68. The fourth-order valence-corrected chi connectivity index (χ4v) is 2.63. The van der Waals surface area contributed by atoms with Crippen molar-refractivity contribution in [1.29, 1.82) is 5.26 Å². The summed E-state index contributed by atoms with van der Waals surface area (Å²) < 4.78 is 61.4. The number of nitriles is 1. The van der Waals surface area contributed by atoms with E-state index in [4.69, 9.17) is 10.4 Å². The molecule has 0 heterocycles. The summed E-state index contributed by atoms with van der Waals surface area (Å²) >= 11 is 0. The first-order valence-electron chi connectivity index (χ1n) is 7.24. The Labute approximate surface area is 152 Å². The molecule has 0 unspecified atom stereocenters. The van der Waals surface area contributed by atoms with Crippen LogP contribution in [0.3, 0.4) is 0 Å². The quantitative estimate of drug-likeness (QED) is 0.612. The Bertz CT molecular complexity index is 1040. The zero-order valence-corrected chi connectivity index (χ0v) is 14.3. The monoisotopic (exact) mass is 395 g/mol. The lowest BCUT2D eigenvalue weighted by Crippen LogP contribution is -2.15. The van der Waals surface area contributed by atoms with Crippen LogP contribution < -0.4 is 10.5 Å². The van der Waals surface area contributed by atoms with E-state index in [0.29, 0.717) is 0 Å². The number of carbonyl (C=O) groups is 1. The average Bonchev–Trinajstić information content (AvgIpc) is 2.58. The molecule has 10 heteroatoms. The Morgan fingerprint density at radius 1 is 1.11 bits per heavy atom. The lowest BCUT2D eigenvalue weighted by molar-refractivity contribution is -0.137. The summed E-state index contributed by atoms with van der Waals surface area (Å²) in [5.41, 5.74) is -1.73. The third kappa shape index (κ3) is 5.16. The molecule has 0 aromatic heterocycles. The lowest BCUT2D eigenvalue weighted by Gasteiger charge is -2.10. The van der Waals surface area contributed by atoms with Crippen molar-refractivity contribution in [2.75, 3.05) is 5.32 Å². The molecule has 0 aliphatic heterocycles. The Morgan fingerprint density at radius 2 is 1.70 bits per heavy atom. The van der Waals surface area contributed by atoms with Gasteiger partial charge in [-0.15, -0.1) is 0 Å². The van der Waals surface area contributed by atoms with Gasteiger partial charge in [-0.25, -0.2) is 13.6 Å². The molecule has 27 heavy (non-hydrogen) atoms. The first kappa shape index (κ1) is 20.2. The van der Waals surface area contributed by atoms with Gasteiger partial charge in [0.2, 0.25) is 10.0 Å². The number of benzene rings is 2. The fraction of sp³-hybridized carbons (Fsp3) is 0.0588. The summed E-state index contributed by atoms with van der Waals surface area (Å²) in [6.07, 6.45) is -3.81. The highest BCUT2D eigenvalue weighted by atomic mass is 32.2. The van der Waals surface area contributed by atoms with Gasteiger partial charge in [-0.3, -0.25) is 4.79 Å². The summed E-state index contributed by atoms with van der Waals surface area (Å²) in [5.74, 6) is -0.946. The molecular weight excluding hydrogens is 383 g/mol. The minimum absolute atomic E-state index is 0.137. The predicted octanol–water partition coefficient (Wildman–Crippen LogP) is 2.90. The molecule has 0 spiro atoms. The van der Waals surface area contributed by atoms with Gasteiger partial charge in [0, 0.05) is 5.69 Å². The van der Waals surface area contributed by atoms with Crippen molar-refractivity contribution in [2.45, 2.75) is 11.1 Å². The van der Waals surface area contributed by atoms with Crippen molar-refractivity contribution in [2.24, 2.45) is 5.14 Å². The molecule has 0 saturated heterocycles. The highest BCUT2D eigenvalue weighted by Gasteiger charge is 2.32. The molecule has 0 radical (unpaired) electrons. The van der Waals surface area contributed by atoms with Crippen LogP contribution in [-0.4, -0.2) is 14.3 Å². The van der Waals surface area contributed by atoms with Crippen LogP contribution in [0.15, 0.2) is 59.0 Å². The van der Waals surface area contributed by atoms with Crippen LogP contribution in [0, 0.1) is 11.3 Å². The van der Waals surface area contributed by atoms with E-state index >= 15 is 0 Å². The molecule has 0 bridgehead atoms. The molecule has 6 nitrogen and oxygen atoms in total. The number of nitrogens with two attached hydrogens (primary N) is 1. The number of primary sulfonamides is 1. The lowest BCUT2D eigenvalue weighted by atomic mass is 10.0. The van der Waals surface area contributed by atoms with E-state index in [0.717, 1.165) is 30.3 Å². The van der Waals surface area contributed by atoms with Crippen LogP contribution in [0.5, 0.6) is 0 Å². The van der Waals surface area contributed by atoms with Crippen LogP contribution in [0.2, 0.25) is 0 Å². The highest BCUT2D eigenvalue weighted by molar-refractivity contribution is 7.89. The van der Waals surface area contributed by atoms with Crippen LogP contribution in [0.4, 0.5) is 18.9 Å². The third-order valence-corrected chi connectivity index (χ3v) is 4.30. The molecule has 3 N–H and O–H groups in total. The largest absolute Gasteiger partial charge is 0.416 e. The van der Waals surface area contributed by atoms with E-state index in [-0.39, 0.29) is 16.1 Å². The number of hydrogen-bond donors (Lipinski definition) is 2. The topological polar surface area (TPSA) is 113 Å². The number of rotatable bonds is 4. The number of anilines is 1. The number of amides is 1. The summed E-state index contributed by atoms with van der Waals surface area (Å²) in [7, 11) is -3.91. The van der Waals surface area contributed by atoms with Crippen LogP contribution in [0.1, 0.15) is 11.1 Å². The molecule has 1 amide bonds. The molecule has 0 atom stereocenters. The second-order valence-corrected chi connectivity index (χ2v) is 6.84. The van der Waals surface area contributed by atoms with Gasteiger partial charge in [0.05, 0.1) is 10.5 Å². The standard InChI is InChI=1S/C17H12F3N3O3S/c18-17(19,20)15-4-2-1-3-11(15)9-12(10-21)16(24)23-13-5-7-14(8-6-13)27(22,25)26/h1-9H,(H,23,24)(H2,22,25,26)/b12-9+. The van der Waals surface area contributed by atoms with Gasteiger partial charge < -0.3 is 5.32 Å². The molecule has 140 valence electrons. The number of carbonyl (C=O) groups excluding carboxylic acids is 1. The van der Waals surface area contributed by atoms with Gasteiger partial charge >= 0.3 is 6.18 Å². The van der Waals surface area contributed by atoms with Crippen molar-refractivity contribution >= 4 is 27.7 Å². The molecule has 2 rings (SSSR count). The van der Waals surface area contributed by atoms with Crippen molar-refractivity contribution in [3.8, 4) is 6.07 Å². The van der Waals surface area contributed by atoms with Crippen molar-refractivity contribution in [3.05, 3.63) is 65.2 Å². The minimum Gasteiger partial charge on any atom is -0.321 e. The average molecular weight is 395 g/mol. The molecule has 0 aliphatic rings. The SMILES string of the molecule is N#C/C(=C\c1ccccc1C(F)(F)F)C(=O)Nc1ccc(S(N)(=O)=O)cc1. The van der Waals surface area contributed by atoms with Gasteiger partial charge in [-0.05, 0) is 42.0 Å². The number of halogens is 3. The van der Waals surface area contributed by atoms with Gasteiger partial charge in [0.25, 0.3) is 5.91 Å². The molecule has 2 aromatic carbocycles. The maximum atomic E-state index is 13.0. The maximum absolute atomic E-state index is 13.0. The smallest absolute Gasteiger partial charge is 0.321 e. The van der Waals surface area contributed by atoms with E-state index in [1.165, 1.54) is 24.3 Å². The van der Waals surface area contributed by atoms with Crippen molar-refractivity contribution in [3.63, 3.8) is 0 Å². The van der Waals surface area contributed by atoms with Gasteiger partial charge in [-0.2, -0.15) is 18.4 Å². The summed E-state index contributed by atoms with van der Waals surface area (Å²) in [6, 6.07) is 10.8. The van der Waals surface area contributed by atoms with E-state index < -0.39 is 33.2 Å². The fourth-order valence-electron chi connectivity index (χ4n) is 2.11. The first-order chi connectivity index (χ1) is 12.5. The maximum Gasteiger partial charge on any atom is 0.416 e. The second-order valence-electron chi connectivity index (χ2n) is 5.28. The Hall–Kier alpha value is -3.16. The molecule has 2 aromatic rings. The summed E-state index contributed by atoms with van der Waals surface area (Å²) in [6.45, 7) is 0. The molecule has 0 saturated carbocycles. The molecule has 0 fully saturated rings. The number of nitrogens with zero attached hydrogens (tertiary/aromatic N) is 1. The normalized spacial score (nSPS) is 12.3. The van der Waals surface area contributed by atoms with Gasteiger partial charge in [-0.1, -0.05) is 18.2 Å². The van der Waals surface area contributed by atoms with Crippen molar-refractivity contribution < 1.29 is 26.4 Å². The first-order valence-corrected chi connectivity index (χ1v) is 8.79. The molecular formula is C17H12F3N3O3S. The van der Waals surface area contributed by atoms with Crippen LogP contribution >= 0.6 is 0 Å².